The lowest BCUT2D eigenvalue weighted by Gasteiger charge is -2.32. The van der Waals surface area contributed by atoms with Gasteiger partial charge in [-0.1, -0.05) is 0 Å². The predicted octanol–water partition coefficient (Wildman–Crippen LogP) is 0.388. The van der Waals surface area contributed by atoms with E-state index in [1.807, 2.05) is 0 Å². The number of carbonyl (C=O) groups excluding carboxylic acids is 1. The van der Waals surface area contributed by atoms with Crippen LogP contribution < -0.4 is 5.43 Å². The summed E-state index contributed by atoms with van der Waals surface area (Å²) >= 11 is 0. The monoisotopic (exact) mass is 335 g/mol. The quantitative estimate of drug-likeness (QED) is 0.442. The van der Waals surface area contributed by atoms with Crippen molar-refractivity contribution in [2.24, 2.45) is 5.10 Å². The summed E-state index contributed by atoms with van der Waals surface area (Å²) in [7, 11) is 2.08. The summed E-state index contributed by atoms with van der Waals surface area (Å²) in [6.45, 7) is 4.58. The highest BCUT2D eigenvalue weighted by molar-refractivity contribution is 5.83. The first-order chi connectivity index (χ1) is 11.5. The van der Waals surface area contributed by atoms with Crippen LogP contribution in [0.25, 0.3) is 0 Å². The fourth-order valence-electron chi connectivity index (χ4n) is 2.33. The van der Waals surface area contributed by atoms with E-state index in [1.54, 1.807) is 0 Å². The topological polar surface area (TPSA) is 111 Å². The van der Waals surface area contributed by atoms with E-state index >= 15 is 0 Å². The van der Waals surface area contributed by atoms with E-state index < -0.39 is 16.4 Å². The van der Waals surface area contributed by atoms with Gasteiger partial charge in [-0.05, 0) is 19.2 Å². The number of phenolic OH excluding ortho intramolecular Hbond substituents is 1. The maximum absolute atomic E-state index is 11.8. The van der Waals surface area contributed by atoms with Gasteiger partial charge in [-0.25, -0.2) is 5.43 Å². The van der Waals surface area contributed by atoms with E-state index in [2.05, 4.69) is 27.4 Å². The summed E-state index contributed by atoms with van der Waals surface area (Å²) in [6.07, 6.45) is 1.65. The van der Waals surface area contributed by atoms with Crippen LogP contribution >= 0.6 is 0 Å². The molecule has 2 rings (SSSR count). The molecule has 0 radical (unpaired) electrons. The molecular weight excluding hydrogens is 314 g/mol. The van der Waals surface area contributed by atoms with Crippen LogP contribution in [0.15, 0.2) is 23.3 Å². The molecule has 0 bridgehead atoms. The zero-order chi connectivity index (χ0) is 17.5. The Bertz CT molecular complexity index is 626. The van der Waals surface area contributed by atoms with E-state index in [0.717, 1.165) is 26.2 Å². The summed E-state index contributed by atoms with van der Waals surface area (Å²) in [4.78, 5) is 26.3. The Hall–Kier alpha value is -2.52. The van der Waals surface area contributed by atoms with E-state index in [0.29, 0.717) is 18.5 Å². The molecular formula is C15H21N5O4. The molecule has 1 saturated heterocycles. The van der Waals surface area contributed by atoms with Crippen LogP contribution in [0, 0.1) is 10.1 Å². The third-order valence-electron chi connectivity index (χ3n) is 3.85. The second-order valence-electron chi connectivity index (χ2n) is 5.69. The molecule has 0 aliphatic carbocycles. The SMILES string of the molecule is CN1CCN(CCC(=O)NN=Cc2ccc(O)c([N+](=O)[O-])c2)CC1. The largest absolute Gasteiger partial charge is 0.502 e. The van der Waals surface area contributed by atoms with Gasteiger partial charge >= 0.3 is 5.69 Å². The molecule has 9 heteroatoms. The number of aromatic hydroxyl groups is 1. The average molecular weight is 335 g/mol. The third-order valence-corrected chi connectivity index (χ3v) is 3.85. The van der Waals surface area contributed by atoms with Crippen LogP contribution in [-0.2, 0) is 4.79 Å². The lowest BCUT2D eigenvalue weighted by molar-refractivity contribution is -0.385. The van der Waals surface area contributed by atoms with Crippen molar-refractivity contribution >= 4 is 17.8 Å². The number of hydrogen-bond acceptors (Lipinski definition) is 7. The van der Waals surface area contributed by atoms with Crippen LogP contribution in [0.5, 0.6) is 5.75 Å². The second-order valence-corrected chi connectivity index (χ2v) is 5.69. The summed E-state index contributed by atoms with van der Waals surface area (Å²) in [5.74, 6) is -0.619. The van der Waals surface area contributed by atoms with Gasteiger partial charge in [0.05, 0.1) is 11.1 Å². The minimum Gasteiger partial charge on any atom is -0.502 e. The lowest BCUT2D eigenvalue weighted by atomic mass is 10.2. The number of piperazine rings is 1. The van der Waals surface area contributed by atoms with Crippen LogP contribution in [0.3, 0.4) is 0 Å². The maximum atomic E-state index is 11.8. The fraction of sp³-hybridized carbons (Fsp3) is 0.467. The molecule has 1 aliphatic rings. The van der Waals surface area contributed by atoms with Crippen molar-refractivity contribution in [2.75, 3.05) is 39.8 Å². The normalized spacial score (nSPS) is 16.4. The standard InChI is InChI=1S/C15H21N5O4/c1-18-6-8-19(9-7-18)5-4-15(22)17-16-11-12-2-3-14(21)13(10-12)20(23)24/h2-3,10-11,21H,4-9H2,1H3,(H,17,22). The number of phenols is 1. The molecule has 1 aromatic carbocycles. The Morgan fingerprint density at radius 3 is 2.79 bits per heavy atom. The van der Waals surface area contributed by atoms with E-state index in [-0.39, 0.29) is 5.91 Å². The van der Waals surface area contributed by atoms with Gasteiger partial charge in [0.15, 0.2) is 5.75 Å². The molecule has 0 saturated carbocycles. The second kappa shape index (κ2) is 8.37. The van der Waals surface area contributed by atoms with Gasteiger partial charge in [0.2, 0.25) is 5.91 Å². The van der Waals surface area contributed by atoms with Crippen LogP contribution in [0.2, 0.25) is 0 Å². The molecule has 9 nitrogen and oxygen atoms in total. The van der Waals surface area contributed by atoms with Crippen molar-refractivity contribution in [1.82, 2.24) is 15.2 Å². The number of nitro groups is 1. The Morgan fingerprint density at radius 1 is 1.42 bits per heavy atom. The molecule has 1 aromatic rings. The lowest BCUT2D eigenvalue weighted by Crippen LogP contribution is -2.45. The van der Waals surface area contributed by atoms with Crippen molar-refractivity contribution in [1.29, 1.82) is 0 Å². The molecule has 0 atom stereocenters. The van der Waals surface area contributed by atoms with Crippen molar-refractivity contribution in [3.63, 3.8) is 0 Å². The molecule has 1 fully saturated rings. The van der Waals surface area contributed by atoms with E-state index in [1.165, 1.54) is 24.4 Å². The summed E-state index contributed by atoms with van der Waals surface area (Å²) < 4.78 is 0. The number of nitrogens with zero attached hydrogens (tertiary/aromatic N) is 4. The minimum atomic E-state index is -0.679. The average Bonchev–Trinajstić information content (AvgIpc) is 2.55. The number of hydrogen-bond donors (Lipinski definition) is 2. The molecule has 0 aromatic heterocycles. The number of nitro benzene ring substituents is 1. The molecule has 1 aliphatic heterocycles. The first-order valence-corrected chi connectivity index (χ1v) is 7.66. The Balaban J connectivity index is 1.78. The Labute approximate surface area is 139 Å². The summed E-state index contributed by atoms with van der Waals surface area (Å²) in [5.41, 5.74) is 2.42. The number of benzene rings is 1. The van der Waals surface area contributed by atoms with Gasteiger partial charge < -0.3 is 14.9 Å². The van der Waals surface area contributed by atoms with Gasteiger partial charge in [-0.15, -0.1) is 0 Å². The highest BCUT2D eigenvalue weighted by atomic mass is 16.6. The van der Waals surface area contributed by atoms with Crippen molar-refractivity contribution in [2.45, 2.75) is 6.42 Å². The van der Waals surface area contributed by atoms with Gasteiger partial charge in [0.1, 0.15) is 0 Å². The molecule has 0 unspecified atom stereocenters. The van der Waals surface area contributed by atoms with Crippen molar-refractivity contribution < 1.29 is 14.8 Å². The maximum Gasteiger partial charge on any atom is 0.311 e. The van der Waals surface area contributed by atoms with E-state index in [4.69, 9.17) is 0 Å². The molecule has 2 N–H and O–H groups in total. The Kier molecular flexibility index (Phi) is 6.21. The zero-order valence-corrected chi connectivity index (χ0v) is 13.5. The third kappa shape index (κ3) is 5.28. The van der Waals surface area contributed by atoms with Gasteiger partial charge in [0.25, 0.3) is 0 Å². The smallest absolute Gasteiger partial charge is 0.311 e. The van der Waals surface area contributed by atoms with Crippen LogP contribution in [0.4, 0.5) is 5.69 Å². The van der Waals surface area contributed by atoms with Gasteiger partial charge in [-0.2, -0.15) is 5.10 Å². The van der Waals surface area contributed by atoms with Gasteiger partial charge in [0, 0.05) is 50.8 Å². The van der Waals surface area contributed by atoms with Crippen molar-refractivity contribution in [3.8, 4) is 5.75 Å². The minimum absolute atomic E-state index is 0.210. The Morgan fingerprint density at radius 2 is 2.12 bits per heavy atom. The number of hydrazone groups is 1. The molecule has 1 heterocycles. The number of rotatable bonds is 6. The summed E-state index contributed by atoms with van der Waals surface area (Å²) in [5, 5.41) is 23.9. The first kappa shape index (κ1) is 17.8. The van der Waals surface area contributed by atoms with E-state index in [9.17, 15) is 20.0 Å². The number of carbonyl (C=O) groups is 1. The van der Waals surface area contributed by atoms with Crippen molar-refractivity contribution in [3.05, 3.63) is 33.9 Å². The molecule has 130 valence electrons. The van der Waals surface area contributed by atoms with Crippen LogP contribution in [0.1, 0.15) is 12.0 Å². The predicted molar refractivity (Wildman–Crippen MR) is 89.1 cm³/mol. The fourth-order valence-corrected chi connectivity index (χ4v) is 2.33. The molecule has 1 amide bonds. The zero-order valence-electron chi connectivity index (χ0n) is 13.5. The van der Waals surface area contributed by atoms with Crippen LogP contribution in [-0.4, -0.2) is 71.7 Å². The molecule has 0 spiro atoms. The number of likely N-dealkylation sites (N-methyl/N-ethyl adjacent to an activating group) is 1. The highest BCUT2D eigenvalue weighted by Gasteiger charge is 2.15. The number of amides is 1. The first-order valence-electron chi connectivity index (χ1n) is 7.66. The number of nitrogens with one attached hydrogen (secondary N) is 1. The molecule has 24 heavy (non-hydrogen) atoms. The van der Waals surface area contributed by atoms with Gasteiger partial charge in [-0.3, -0.25) is 14.9 Å². The summed E-state index contributed by atoms with van der Waals surface area (Å²) in [6, 6.07) is 3.88. The highest BCUT2D eigenvalue weighted by Crippen LogP contribution is 2.25.